The summed E-state index contributed by atoms with van der Waals surface area (Å²) in [4.78, 5) is 4.41. The summed E-state index contributed by atoms with van der Waals surface area (Å²) in [7, 11) is 0. The molecule has 0 amide bonds. The van der Waals surface area contributed by atoms with Crippen LogP contribution < -0.4 is 0 Å². The van der Waals surface area contributed by atoms with Crippen LogP contribution in [0.2, 0.25) is 0 Å². The molecule has 1 heterocycles. The summed E-state index contributed by atoms with van der Waals surface area (Å²) in [5.74, 6) is 0.911. The maximum absolute atomic E-state index is 8.86. The normalized spacial score (nSPS) is 9.91. The van der Waals surface area contributed by atoms with Crippen LogP contribution in [0, 0.1) is 22.7 Å². The van der Waals surface area contributed by atoms with E-state index in [4.69, 9.17) is 10.5 Å². The third-order valence-corrected chi connectivity index (χ3v) is 3.44. The molecule has 4 heteroatoms. The van der Waals surface area contributed by atoms with E-state index in [1.807, 2.05) is 47.2 Å². The minimum absolute atomic E-state index is 0.637. The second-order valence-corrected chi connectivity index (χ2v) is 4.86. The molecule has 2 aromatic carbocycles. The highest BCUT2D eigenvalue weighted by Crippen LogP contribution is 2.15. The molecule has 0 N–H and O–H groups in total. The first-order valence-corrected chi connectivity index (χ1v) is 6.82. The largest absolute Gasteiger partial charge is 0.303 e. The van der Waals surface area contributed by atoms with Crippen molar-refractivity contribution in [2.45, 2.75) is 6.42 Å². The molecule has 0 aliphatic rings. The van der Waals surface area contributed by atoms with E-state index in [1.54, 1.807) is 18.3 Å². The van der Waals surface area contributed by atoms with E-state index >= 15 is 0 Å². The van der Waals surface area contributed by atoms with Gasteiger partial charge >= 0.3 is 0 Å². The van der Waals surface area contributed by atoms with Gasteiger partial charge in [-0.2, -0.15) is 10.5 Å². The van der Waals surface area contributed by atoms with Gasteiger partial charge in [-0.05, 0) is 42.0 Å². The van der Waals surface area contributed by atoms with Crippen molar-refractivity contribution < 1.29 is 0 Å². The topological polar surface area (TPSA) is 65.4 Å². The van der Waals surface area contributed by atoms with E-state index in [0.717, 1.165) is 17.1 Å². The highest BCUT2D eigenvalue weighted by molar-refractivity contribution is 5.41. The van der Waals surface area contributed by atoms with E-state index in [1.165, 1.54) is 0 Å². The summed E-state index contributed by atoms with van der Waals surface area (Å²) in [5, 5.41) is 17.7. The smallest absolute Gasteiger partial charge is 0.117 e. The number of nitrogens with zero attached hydrogens (tertiary/aromatic N) is 4. The van der Waals surface area contributed by atoms with E-state index in [0.29, 0.717) is 17.5 Å². The van der Waals surface area contributed by atoms with Crippen LogP contribution in [-0.4, -0.2) is 9.55 Å². The van der Waals surface area contributed by atoms with Crippen molar-refractivity contribution in [2.24, 2.45) is 0 Å². The fourth-order valence-corrected chi connectivity index (χ4v) is 2.28. The molecule has 0 saturated carbocycles. The number of hydrogen-bond acceptors (Lipinski definition) is 3. The minimum Gasteiger partial charge on any atom is -0.303 e. The molecule has 104 valence electrons. The lowest BCUT2D eigenvalue weighted by atomic mass is 10.1. The Morgan fingerprint density at radius 2 is 1.45 bits per heavy atom. The molecular formula is C18H12N4. The van der Waals surface area contributed by atoms with Gasteiger partial charge in [0.25, 0.3) is 0 Å². The monoisotopic (exact) mass is 284 g/mol. The lowest BCUT2D eigenvalue weighted by molar-refractivity contribution is 0.913. The fourth-order valence-electron chi connectivity index (χ4n) is 2.28. The summed E-state index contributed by atoms with van der Waals surface area (Å²) >= 11 is 0. The summed E-state index contributed by atoms with van der Waals surface area (Å²) in [6.45, 7) is 0. The number of aromatic nitrogens is 2. The van der Waals surface area contributed by atoms with Gasteiger partial charge in [0, 0.05) is 24.5 Å². The van der Waals surface area contributed by atoms with E-state index in [2.05, 4.69) is 17.1 Å². The molecule has 4 nitrogen and oxygen atoms in total. The average Bonchev–Trinajstić information content (AvgIpc) is 3.04. The Morgan fingerprint density at radius 3 is 2.05 bits per heavy atom. The number of rotatable bonds is 3. The molecule has 3 aromatic rings. The van der Waals surface area contributed by atoms with E-state index in [9.17, 15) is 0 Å². The van der Waals surface area contributed by atoms with Crippen molar-refractivity contribution in [3.05, 3.63) is 83.4 Å². The third kappa shape index (κ3) is 2.72. The molecule has 22 heavy (non-hydrogen) atoms. The van der Waals surface area contributed by atoms with Crippen molar-refractivity contribution >= 4 is 0 Å². The zero-order chi connectivity index (χ0) is 15.4. The van der Waals surface area contributed by atoms with E-state index < -0.39 is 0 Å². The first-order valence-electron chi connectivity index (χ1n) is 6.82. The van der Waals surface area contributed by atoms with Gasteiger partial charge < -0.3 is 4.57 Å². The Bertz CT molecular complexity index is 859. The number of hydrogen-bond donors (Lipinski definition) is 0. The van der Waals surface area contributed by atoms with E-state index in [-0.39, 0.29) is 0 Å². The second kappa shape index (κ2) is 5.95. The number of nitriles is 2. The van der Waals surface area contributed by atoms with Crippen LogP contribution in [-0.2, 0) is 6.42 Å². The van der Waals surface area contributed by atoms with Crippen LogP contribution in [0.15, 0.2) is 60.9 Å². The Labute approximate surface area is 128 Å². The van der Waals surface area contributed by atoms with Gasteiger partial charge in [-0.15, -0.1) is 0 Å². The molecule has 0 saturated heterocycles. The SMILES string of the molecule is N#Cc1ccc(Cc2nccn2-c2ccc(C#N)cc2)cc1. The van der Waals surface area contributed by atoms with Crippen molar-refractivity contribution in [2.75, 3.05) is 0 Å². The summed E-state index contributed by atoms with van der Waals surface area (Å²) < 4.78 is 2.00. The molecule has 0 aliphatic heterocycles. The Morgan fingerprint density at radius 1 is 0.864 bits per heavy atom. The van der Waals surface area contributed by atoms with Crippen molar-refractivity contribution in [1.29, 1.82) is 10.5 Å². The van der Waals surface area contributed by atoms with Crippen molar-refractivity contribution in [3.8, 4) is 17.8 Å². The quantitative estimate of drug-likeness (QED) is 0.741. The predicted octanol–water partition coefficient (Wildman–Crippen LogP) is 3.21. The van der Waals surface area contributed by atoms with Gasteiger partial charge in [0.05, 0.1) is 23.3 Å². The highest BCUT2D eigenvalue weighted by Gasteiger charge is 2.06. The minimum atomic E-state index is 0.637. The molecule has 0 spiro atoms. The fraction of sp³-hybridized carbons (Fsp3) is 0.0556. The lowest BCUT2D eigenvalue weighted by Crippen LogP contribution is -2.01. The van der Waals surface area contributed by atoms with Gasteiger partial charge in [-0.25, -0.2) is 4.98 Å². The Balaban J connectivity index is 1.88. The van der Waals surface area contributed by atoms with Crippen molar-refractivity contribution in [1.82, 2.24) is 9.55 Å². The number of imidazole rings is 1. The van der Waals surface area contributed by atoms with Crippen LogP contribution in [0.3, 0.4) is 0 Å². The lowest BCUT2D eigenvalue weighted by Gasteiger charge is -2.08. The Kier molecular flexibility index (Phi) is 3.68. The average molecular weight is 284 g/mol. The van der Waals surface area contributed by atoms with Crippen molar-refractivity contribution in [3.63, 3.8) is 0 Å². The van der Waals surface area contributed by atoms with Crippen LogP contribution in [0.4, 0.5) is 0 Å². The molecule has 0 aliphatic carbocycles. The third-order valence-electron chi connectivity index (χ3n) is 3.44. The molecule has 1 aromatic heterocycles. The molecule has 0 fully saturated rings. The molecule has 0 unspecified atom stereocenters. The zero-order valence-corrected chi connectivity index (χ0v) is 11.8. The predicted molar refractivity (Wildman–Crippen MR) is 82.2 cm³/mol. The maximum atomic E-state index is 8.86. The molecule has 3 rings (SSSR count). The van der Waals surface area contributed by atoms with Crippen LogP contribution >= 0.6 is 0 Å². The van der Waals surface area contributed by atoms with Gasteiger partial charge in [0.1, 0.15) is 5.82 Å². The standard InChI is InChI=1S/C18H12N4/c19-12-15-3-1-14(2-4-15)11-18-21-9-10-22(18)17-7-5-16(13-20)6-8-17/h1-10H,11H2. The molecular weight excluding hydrogens is 272 g/mol. The van der Waals surface area contributed by atoms with Gasteiger partial charge in [-0.1, -0.05) is 12.1 Å². The molecule has 0 atom stereocenters. The van der Waals surface area contributed by atoms with Crippen LogP contribution in [0.1, 0.15) is 22.5 Å². The molecule has 0 bridgehead atoms. The van der Waals surface area contributed by atoms with Gasteiger partial charge in [-0.3, -0.25) is 0 Å². The van der Waals surface area contributed by atoms with Gasteiger partial charge in [0.2, 0.25) is 0 Å². The van der Waals surface area contributed by atoms with Gasteiger partial charge in [0.15, 0.2) is 0 Å². The summed E-state index contributed by atoms with van der Waals surface area (Å²) in [6, 6.07) is 19.1. The zero-order valence-electron chi connectivity index (χ0n) is 11.8. The first kappa shape index (κ1) is 13.6. The molecule has 0 radical (unpaired) electrons. The number of benzene rings is 2. The van der Waals surface area contributed by atoms with Crippen LogP contribution in [0.25, 0.3) is 5.69 Å². The highest BCUT2D eigenvalue weighted by atomic mass is 15.1. The summed E-state index contributed by atoms with van der Waals surface area (Å²) in [5.41, 5.74) is 3.36. The first-order chi connectivity index (χ1) is 10.8. The Hall–Kier alpha value is -3.37. The van der Waals surface area contributed by atoms with Crippen LogP contribution in [0.5, 0.6) is 0 Å². The summed E-state index contributed by atoms with van der Waals surface area (Å²) in [6.07, 6.45) is 4.34. The maximum Gasteiger partial charge on any atom is 0.117 e. The second-order valence-electron chi connectivity index (χ2n) is 4.86.